The third-order valence-electron chi connectivity index (χ3n) is 2.11. The van der Waals surface area contributed by atoms with Crippen LogP contribution in [-0.2, 0) is 13.0 Å². The first-order valence-corrected chi connectivity index (χ1v) is 4.42. The summed E-state index contributed by atoms with van der Waals surface area (Å²) < 4.78 is 88.2. The number of carbonyl (C=O) groups is 1. The van der Waals surface area contributed by atoms with Gasteiger partial charge in [-0.05, 0) is 0 Å². The van der Waals surface area contributed by atoms with Crippen LogP contribution in [0.15, 0.2) is 6.20 Å². The van der Waals surface area contributed by atoms with Crippen molar-refractivity contribution in [3.05, 3.63) is 17.5 Å². The van der Waals surface area contributed by atoms with E-state index >= 15 is 0 Å². The number of aryl methyl sites for hydroxylation is 1. The minimum Gasteiger partial charge on any atom is -0.478 e. The quantitative estimate of drug-likeness (QED) is 0.871. The summed E-state index contributed by atoms with van der Waals surface area (Å²) in [7, 11) is 0.901. The highest BCUT2D eigenvalue weighted by molar-refractivity contribution is 5.89. The molecule has 0 amide bonds. The van der Waals surface area contributed by atoms with Gasteiger partial charge < -0.3 is 5.11 Å². The highest BCUT2D eigenvalue weighted by atomic mass is 19.4. The molecule has 11 heteroatoms. The Labute approximate surface area is 100.0 Å². The molecule has 1 heterocycles. The Hall–Kier alpha value is -1.81. The maximum absolute atomic E-state index is 13.3. The first-order chi connectivity index (χ1) is 8.32. The number of hydrogen-bond donors (Lipinski definition) is 1. The third-order valence-corrected chi connectivity index (χ3v) is 2.11. The zero-order chi connectivity index (χ0) is 15.2. The smallest absolute Gasteiger partial charge is 0.460 e. The van der Waals surface area contributed by atoms with Gasteiger partial charge in [0.2, 0.25) is 0 Å². The van der Waals surface area contributed by atoms with Crippen LogP contribution in [0.5, 0.6) is 0 Å². The lowest BCUT2D eigenvalue weighted by atomic mass is 10.0. The number of hydrogen-bond acceptors (Lipinski definition) is 2. The van der Waals surface area contributed by atoms with E-state index in [9.17, 15) is 35.5 Å². The summed E-state index contributed by atoms with van der Waals surface area (Å²) in [4.78, 5) is 10.5. The molecule has 0 bridgehead atoms. The predicted octanol–water partition coefficient (Wildman–Crippen LogP) is 2.41. The molecule has 0 radical (unpaired) electrons. The largest absolute Gasteiger partial charge is 0.478 e. The molecule has 1 aromatic heterocycles. The Balaban J connectivity index is 3.47. The van der Waals surface area contributed by atoms with E-state index in [1.165, 1.54) is 0 Å². The molecule has 0 saturated heterocycles. The monoisotopic (exact) mass is 294 g/mol. The number of carboxylic acids is 1. The standard InChI is InChI=1S/C8H5F7N2O2/c1-17-2-3(5(18)19)4(16-17)6(9,10)7(11,12)8(13,14)15/h2H,1H3,(H,18,19). The molecule has 0 spiro atoms. The van der Waals surface area contributed by atoms with Gasteiger partial charge in [0.15, 0.2) is 5.69 Å². The van der Waals surface area contributed by atoms with E-state index < -0.39 is 35.2 Å². The van der Waals surface area contributed by atoms with Crippen LogP contribution in [0.2, 0.25) is 0 Å². The van der Waals surface area contributed by atoms with Crippen LogP contribution < -0.4 is 0 Å². The molecule has 0 unspecified atom stereocenters. The van der Waals surface area contributed by atoms with Crippen molar-refractivity contribution < 1.29 is 40.6 Å². The minimum absolute atomic E-state index is 0.401. The van der Waals surface area contributed by atoms with Crippen LogP contribution in [-0.4, -0.2) is 33.0 Å². The van der Waals surface area contributed by atoms with E-state index in [1.807, 2.05) is 0 Å². The van der Waals surface area contributed by atoms with E-state index in [0.29, 0.717) is 10.9 Å². The number of aromatic carboxylic acids is 1. The first-order valence-electron chi connectivity index (χ1n) is 4.42. The lowest BCUT2D eigenvalue weighted by molar-refractivity contribution is -0.360. The van der Waals surface area contributed by atoms with Gasteiger partial charge in [-0.25, -0.2) is 4.79 Å². The number of rotatable bonds is 3. The fourth-order valence-electron chi connectivity index (χ4n) is 1.20. The van der Waals surface area contributed by atoms with Crippen molar-refractivity contribution in [3.8, 4) is 0 Å². The maximum Gasteiger partial charge on any atom is 0.460 e. The Morgan fingerprint density at radius 1 is 1.21 bits per heavy atom. The number of nitrogens with zero attached hydrogens (tertiary/aromatic N) is 2. The van der Waals surface area contributed by atoms with Gasteiger partial charge in [0.05, 0.1) is 0 Å². The lowest BCUT2D eigenvalue weighted by Gasteiger charge is -2.27. The van der Waals surface area contributed by atoms with E-state index in [-0.39, 0.29) is 0 Å². The molecule has 1 aromatic rings. The van der Waals surface area contributed by atoms with Crippen molar-refractivity contribution in [2.24, 2.45) is 7.05 Å². The molecule has 19 heavy (non-hydrogen) atoms. The van der Waals surface area contributed by atoms with E-state index in [2.05, 4.69) is 5.10 Å². The van der Waals surface area contributed by atoms with Gasteiger partial charge in [-0.2, -0.15) is 35.8 Å². The van der Waals surface area contributed by atoms with E-state index in [0.717, 1.165) is 7.05 Å². The Morgan fingerprint density at radius 3 is 2.05 bits per heavy atom. The highest BCUT2D eigenvalue weighted by Gasteiger charge is 2.75. The zero-order valence-corrected chi connectivity index (χ0v) is 8.97. The second-order valence-corrected chi connectivity index (χ2v) is 3.52. The maximum atomic E-state index is 13.3. The molecule has 0 aliphatic carbocycles. The molecule has 0 aliphatic rings. The van der Waals surface area contributed by atoms with E-state index in [4.69, 9.17) is 5.11 Å². The molecular formula is C8H5F7N2O2. The van der Waals surface area contributed by atoms with Crippen molar-refractivity contribution in [2.45, 2.75) is 18.0 Å². The van der Waals surface area contributed by atoms with Gasteiger partial charge in [-0.1, -0.05) is 0 Å². The van der Waals surface area contributed by atoms with Gasteiger partial charge in [0.1, 0.15) is 5.56 Å². The predicted molar refractivity (Wildman–Crippen MR) is 45.1 cm³/mol. The summed E-state index contributed by atoms with van der Waals surface area (Å²) >= 11 is 0. The number of carboxylic acid groups (broad SMARTS) is 1. The highest BCUT2D eigenvalue weighted by Crippen LogP contribution is 2.51. The van der Waals surface area contributed by atoms with Crippen molar-refractivity contribution in [2.75, 3.05) is 0 Å². The van der Waals surface area contributed by atoms with Gasteiger partial charge in [0, 0.05) is 13.2 Å². The van der Waals surface area contributed by atoms with Crippen molar-refractivity contribution >= 4 is 5.97 Å². The lowest BCUT2D eigenvalue weighted by Crippen LogP contribution is -2.50. The van der Waals surface area contributed by atoms with Crippen LogP contribution >= 0.6 is 0 Å². The normalized spacial score (nSPS) is 13.7. The molecule has 1 rings (SSSR count). The number of aromatic nitrogens is 2. The minimum atomic E-state index is -6.55. The van der Waals surface area contributed by atoms with Crippen molar-refractivity contribution in [3.63, 3.8) is 0 Å². The van der Waals surface area contributed by atoms with Crippen molar-refractivity contribution in [1.29, 1.82) is 0 Å². The molecule has 0 saturated carbocycles. The fourth-order valence-corrected chi connectivity index (χ4v) is 1.20. The summed E-state index contributed by atoms with van der Waals surface area (Å²) in [5.74, 6) is -14.3. The molecule has 108 valence electrons. The van der Waals surface area contributed by atoms with Gasteiger partial charge in [-0.3, -0.25) is 4.68 Å². The Bertz CT molecular complexity index is 506. The second-order valence-electron chi connectivity index (χ2n) is 3.52. The molecule has 0 fully saturated rings. The van der Waals surface area contributed by atoms with Crippen LogP contribution in [0.4, 0.5) is 30.7 Å². The summed E-state index contributed by atoms with van der Waals surface area (Å²) in [5, 5.41) is 11.2. The third kappa shape index (κ3) is 2.24. The zero-order valence-electron chi connectivity index (χ0n) is 8.97. The molecule has 4 nitrogen and oxygen atoms in total. The number of halogens is 7. The van der Waals surface area contributed by atoms with E-state index in [1.54, 1.807) is 0 Å². The van der Waals surface area contributed by atoms with Crippen LogP contribution in [0.25, 0.3) is 0 Å². The first kappa shape index (κ1) is 15.2. The van der Waals surface area contributed by atoms with Gasteiger partial charge >= 0.3 is 24.0 Å². The summed E-state index contributed by atoms with van der Waals surface area (Å²) in [5.41, 5.74) is -3.58. The fraction of sp³-hybridized carbons (Fsp3) is 0.500. The molecule has 0 aliphatic heterocycles. The molecule has 0 atom stereocenters. The van der Waals surface area contributed by atoms with Gasteiger partial charge in [-0.15, -0.1) is 0 Å². The SMILES string of the molecule is Cn1cc(C(=O)O)c(C(F)(F)C(F)(F)C(F)(F)F)n1. The van der Waals surface area contributed by atoms with Crippen molar-refractivity contribution in [1.82, 2.24) is 9.78 Å². The van der Waals surface area contributed by atoms with Crippen LogP contribution in [0.3, 0.4) is 0 Å². The molecule has 1 N–H and O–H groups in total. The van der Waals surface area contributed by atoms with Crippen LogP contribution in [0.1, 0.15) is 16.1 Å². The number of alkyl halides is 7. The second kappa shape index (κ2) is 4.10. The van der Waals surface area contributed by atoms with Gasteiger partial charge in [0.25, 0.3) is 0 Å². The summed E-state index contributed by atoms with van der Waals surface area (Å²) in [6.45, 7) is 0. The Kier molecular flexibility index (Phi) is 3.29. The summed E-state index contributed by atoms with van der Waals surface area (Å²) in [6, 6.07) is 0. The van der Waals surface area contributed by atoms with Crippen LogP contribution in [0, 0.1) is 0 Å². The molecule has 0 aromatic carbocycles. The molecular weight excluding hydrogens is 289 g/mol. The Morgan fingerprint density at radius 2 is 1.68 bits per heavy atom. The summed E-state index contributed by atoms with van der Waals surface area (Å²) in [6.07, 6.45) is -6.15. The average molecular weight is 294 g/mol. The average Bonchev–Trinajstić information content (AvgIpc) is 2.58. The topological polar surface area (TPSA) is 55.1 Å².